The molecule has 0 radical (unpaired) electrons. The van der Waals surface area contributed by atoms with Gasteiger partial charge in [0.15, 0.2) is 11.6 Å². The summed E-state index contributed by atoms with van der Waals surface area (Å²) in [7, 11) is 0. The van der Waals surface area contributed by atoms with Crippen molar-refractivity contribution in [1.29, 1.82) is 0 Å². The van der Waals surface area contributed by atoms with E-state index in [1.807, 2.05) is 27.7 Å². The summed E-state index contributed by atoms with van der Waals surface area (Å²) in [4.78, 5) is 15.4. The Bertz CT molecular complexity index is 1080. The van der Waals surface area contributed by atoms with Crippen LogP contribution in [0.25, 0.3) is 0 Å². The Morgan fingerprint density at radius 3 is 1.68 bits per heavy atom. The van der Waals surface area contributed by atoms with Crippen molar-refractivity contribution in [3.05, 3.63) is 71.5 Å². The lowest BCUT2D eigenvalue weighted by atomic mass is 9.83. The highest BCUT2D eigenvalue weighted by molar-refractivity contribution is 5.88. The fraction of sp³-hybridized carbons (Fsp3) is 0.467. The maximum atomic E-state index is 5.28. The van der Waals surface area contributed by atoms with Crippen molar-refractivity contribution in [2.75, 3.05) is 9.80 Å². The molecule has 4 nitrogen and oxygen atoms in total. The summed E-state index contributed by atoms with van der Waals surface area (Å²) >= 11 is 0. The average molecular weight is 459 g/mol. The highest BCUT2D eigenvalue weighted by atomic mass is 15.5. The zero-order valence-corrected chi connectivity index (χ0v) is 22.7. The molecule has 0 N–H and O–H groups in total. The van der Waals surface area contributed by atoms with Crippen molar-refractivity contribution in [2.24, 2.45) is 0 Å². The molecule has 1 unspecified atom stereocenters. The van der Waals surface area contributed by atoms with Crippen LogP contribution in [-0.4, -0.2) is 16.1 Å². The Balaban J connectivity index is 0.000000771. The predicted octanol–water partition coefficient (Wildman–Crippen LogP) is 8.68. The van der Waals surface area contributed by atoms with Crippen LogP contribution < -0.4 is 9.80 Å². The highest BCUT2D eigenvalue weighted by Gasteiger charge is 2.55. The van der Waals surface area contributed by atoms with Crippen LogP contribution >= 0.6 is 0 Å². The van der Waals surface area contributed by atoms with Gasteiger partial charge in [0.1, 0.15) is 6.17 Å². The second-order valence-electron chi connectivity index (χ2n) is 9.64. The van der Waals surface area contributed by atoms with E-state index in [2.05, 4.69) is 106 Å². The Kier molecular flexibility index (Phi) is 7.70. The fourth-order valence-corrected chi connectivity index (χ4v) is 5.07. The van der Waals surface area contributed by atoms with Gasteiger partial charge in [0.05, 0.1) is 11.4 Å². The molecule has 0 fully saturated rings. The number of hydrogen-bond acceptors (Lipinski definition) is 4. The molecule has 2 aromatic carbocycles. The normalized spacial score (nSPS) is 16.9. The maximum Gasteiger partial charge on any atom is 0.179 e. The van der Waals surface area contributed by atoms with Gasteiger partial charge in [-0.15, -0.1) is 0 Å². The van der Waals surface area contributed by atoms with Gasteiger partial charge in [0.2, 0.25) is 0 Å². The SMILES string of the molecule is CC.CC.CC(C)c1nc2c(nc1C(C)C)N1c3ccccc3C(C)(C)C1N2c1ccccc1. The number of anilines is 4. The molecule has 0 spiro atoms. The molecule has 1 atom stereocenters. The second-order valence-corrected chi connectivity index (χ2v) is 9.64. The summed E-state index contributed by atoms with van der Waals surface area (Å²) in [6.07, 6.45) is 0.106. The number of rotatable bonds is 3. The van der Waals surface area contributed by atoms with Crippen molar-refractivity contribution >= 4 is 23.0 Å². The zero-order valence-electron chi connectivity index (χ0n) is 22.7. The van der Waals surface area contributed by atoms with Crippen LogP contribution in [0.1, 0.15) is 98.0 Å². The molecule has 4 heteroatoms. The molecule has 2 aliphatic rings. The first kappa shape index (κ1) is 25.7. The van der Waals surface area contributed by atoms with Gasteiger partial charge in [-0.25, -0.2) is 9.97 Å². The number of benzene rings is 2. The van der Waals surface area contributed by atoms with E-state index in [1.54, 1.807) is 0 Å². The van der Waals surface area contributed by atoms with Gasteiger partial charge < -0.3 is 9.80 Å². The maximum absolute atomic E-state index is 5.28. The molecule has 5 rings (SSSR count). The van der Waals surface area contributed by atoms with Crippen LogP contribution in [0.5, 0.6) is 0 Å². The molecular formula is C30H42N4. The monoisotopic (exact) mass is 458 g/mol. The Morgan fingerprint density at radius 2 is 1.15 bits per heavy atom. The van der Waals surface area contributed by atoms with Crippen molar-refractivity contribution in [3.63, 3.8) is 0 Å². The smallest absolute Gasteiger partial charge is 0.179 e. The van der Waals surface area contributed by atoms with Gasteiger partial charge >= 0.3 is 0 Å². The van der Waals surface area contributed by atoms with Crippen LogP contribution in [-0.2, 0) is 5.41 Å². The molecule has 0 saturated carbocycles. The van der Waals surface area contributed by atoms with Crippen LogP contribution in [0.3, 0.4) is 0 Å². The average Bonchev–Trinajstić information content (AvgIpc) is 3.32. The molecule has 0 aliphatic carbocycles. The van der Waals surface area contributed by atoms with Crippen molar-refractivity contribution in [1.82, 2.24) is 9.97 Å². The summed E-state index contributed by atoms with van der Waals surface area (Å²) in [5.74, 6) is 2.61. The molecule has 0 saturated heterocycles. The number of nitrogens with zero attached hydrogens (tertiary/aromatic N) is 4. The van der Waals surface area contributed by atoms with Crippen LogP contribution in [0.4, 0.5) is 23.0 Å². The topological polar surface area (TPSA) is 32.3 Å². The highest BCUT2D eigenvalue weighted by Crippen LogP contribution is 2.58. The number of aromatic nitrogens is 2. The Hall–Kier alpha value is -2.88. The summed E-state index contributed by atoms with van der Waals surface area (Å²) in [6.45, 7) is 21.5. The van der Waals surface area contributed by atoms with E-state index in [9.17, 15) is 0 Å². The van der Waals surface area contributed by atoms with Gasteiger partial charge in [-0.05, 0) is 35.6 Å². The summed E-state index contributed by atoms with van der Waals surface area (Å²) in [5.41, 5.74) is 5.91. The lowest BCUT2D eigenvalue weighted by molar-refractivity contribution is 0.449. The van der Waals surface area contributed by atoms with Crippen LogP contribution in [0, 0.1) is 0 Å². The minimum Gasteiger partial charge on any atom is -0.301 e. The molecule has 34 heavy (non-hydrogen) atoms. The van der Waals surface area contributed by atoms with Gasteiger partial charge in [-0.2, -0.15) is 0 Å². The van der Waals surface area contributed by atoms with E-state index in [4.69, 9.17) is 9.97 Å². The molecule has 0 bridgehead atoms. The first-order valence-electron chi connectivity index (χ1n) is 13.0. The Morgan fingerprint density at radius 1 is 0.676 bits per heavy atom. The third-order valence-electron chi connectivity index (χ3n) is 6.49. The minimum atomic E-state index is -0.0786. The molecule has 0 amide bonds. The van der Waals surface area contributed by atoms with E-state index < -0.39 is 0 Å². The van der Waals surface area contributed by atoms with Gasteiger partial charge in [-0.3, -0.25) is 0 Å². The summed E-state index contributed by atoms with van der Waals surface area (Å²) in [6, 6.07) is 19.4. The second kappa shape index (κ2) is 10.2. The first-order valence-corrected chi connectivity index (χ1v) is 13.0. The van der Waals surface area contributed by atoms with Gasteiger partial charge in [-0.1, -0.05) is 106 Å². The molecule has 2 aliphatic heterocycles. The molecule has 3 heterocycles. The molecular weight excluding hydrogens is 416 g/mol. The van der Waals surface area contributed by atoms with Crippen LogP contribution in [0.15, 0.2) is 54.6 Å². The molecule has 182 valence electrons. The van der Waals surface area contributed by atoms with E-state index in [0.29, 0.717) is 11.8 Å². The third kappa shape index (κ3) is 3.97. The van der Waals surface area contributed by atoms with Crippen molar-refractivity contribution in [2.45, 2.75) is 92.7 Å². The van der Waals surface area contributed by atoms with E-state index in [-0.39, 0.29) is 11.6 Å². The van der Waals surface area contributed by atoms with E-state index >= 15 is 0 Å². The lowest BCUT2D eigenvalue weighted by Crippen LogP contribution is -2.46. The lowest BCUT2D eigenvalue weighted by Gasteiger charge is -2.36. The third-order valence-corrected chi connectivity index (χ3v) is 6.49. The number of fused-ring (bicyclic) bond motifs is 5. The quantitative estimate of drug-likeness (QED) is 0.393. The summed E-state index contributed by atoms with van der Waals surface area (Å²) in [5, 5.41) is 0. The predicted molar refractivity (Wildman–Crippen MR) is 147 cm³/mol. The van der Waals surface area contributed by atoms with Crippen molar-refractivity contribution in [3.8, 4) is 0 Å². The zero-order chi connectivity index (χ0) is 25.2. The number of hydrogen-bond donors (Lipinski definition) is 0. The van der Waals surface area contributed by atoms with Gasteiger partial charge in [0, 0.05) is 16.8 Å². The summed E-state index contributed by atoms with van der Waals surface area (Å²) < 4.78 is 0. The molecule has 3 aromatic rings. The van der Waals surface area contributed by atoms with Crippen molar-refractivity contribution < 1.29 is 0 Å². The standard InChI is InChI=1S/C26H30N4.2C2H6/c1-16(2)21-22(17(3)4)28-24-23(27-21)29(18-12-8-7-9-13-18)25-26(5,6)19-14-10-11-15-20(19)30(24)25;2*1-2/h7-17,25H,1-6H3;2*1-2H3. The molecule has 1 aromatic heterocycles. The minimum absolute atomic E-state index is 0.0786. The number of para-hydroxylation sites is 2. The largest absolute Gasteiger partial charge is 0.301 e. The van der Waals surface area contributed by atoms with Crippen LogP contribution in [0.2, 0.25) is 0 Å². The fourth-order valence-electron chi connectivity index (χ4n) is 5.07. The van der Waals surface area contributed by atoms with Gasteiger partial charge in [0.25, 0.3) is 0 Å². The first-order chi connectivity index (χ1) is 16.3. The Labute approximate surface area is 207 Å². The van der Waals surface area contributed by atoms with E-state index in [0.717, 1.165) is 28.7 Å². The van der Waals surface area contributed by atoms with E-state index in [1.165, 1.54) is 11.3 Å².